The van der Waals surface area contributed by atoms with E-state index >= 15 is 8.78 Å². The van der Waals surface area contributed by atoms with E-state index in [1.165, 1.54) is 16.7 Å². The summed E-state index contributed by atoms with van der Waals surface area (Å²) in [4.78, 5) is 35.7. The number of likely N-dealkylation sites (tertiary alicyclic amines) is 2. The van der Waals surface area contributed by atoms with Crippen LogP contribution in [0.5, 0.6) is 0 Å². The van der Waals surface area contributed by atoms with Gasteiger partial charge in [0.1, 0.15) is 23.3 Å². The number of carbonyl (C=O) groups excluding carboxylic acids is 1. The van der Waals surface area contributed by atoms with E-state index in [1.54, 1.807) is 12.3 Å². The summed E-state index contributed by atoms with van der Waals surface area (Å²) in [6, 6.07) is 11.6. The van der Waals surface area contributed by atoms with Crippen LogP contribution in [-0.2, 0) is 11.3 Å². The van der Waals surface area contributed by atoms with Crippen molar-refractivity contribution in [1.82, 2.24) is 24.8 Å². The molecular formula is C33H33F3N6O5S. The van der Waals surface area contributed by atoms with Gasteiger partial charge in [-0.1, -0.05) is 24.3 Å². The number of carboxylic acid groups (broad SMARTS) is 1. The van der Waals surface area contributed by atoms with Crippen molar-refractivity contribution >= 4 is 39.9 Å². The first-order valence-corrected chi connectivity index (χ1v) is 16.7. The highest BCUT2D eigenvalue weighted by Crippen LogP contribution is 2.34. The Labute approximate surface area is 276 Å². The third-order valence-electron chi connectivity index (χ3n) is 9.55. The number of ketones is 1. The van der Waals surface area contributed by atoms with Crippen LogP contribution in [0.2, 0.25) is 0 Å². The Balaban J connectivity index is 1.06. The van der Waals surface area contributed by atoms with Gasteiger partial charge < -0.3 is 19.9 Å². The second kappa shape index (κ2) is 13.0. The van der Waals surface area contributed by atoms with E-state index in [0.717, 1.165) is 48.8 Å². The highest BCUT2D eigenvalue weighted by Gasteiger charge is 2.35. The fourth-order valence-electron chi connectivity index (χ4n) is 6.77. The Morgan fingerprint density at radius 1 is 1.04 bits per heavy atom. The number of carbonyl (C=O) groups is 2. The van der Waals surface area contributed by atoms with E-state index in [-0.39, 0.29) is 25.1 Å². The standard InChI is InChI=1S/C33H33F3N6O5S/c34-24-8-10-41(18-24)42(48(46)47)28-6-5-27(35)29(30(28)36)31(43)26-13-38-32-25(26)11-22(12-37-32)20-1-3-21(4-2-20)23-16-39(17-23)9-7-19-14-40(15-19)33(44)45/h1-6,11-13,19,23-24H,7-10,14-18H2,(H,37,38)(H,44,45)(H,46,47)/t24-/m1/s1. The third-order valence-corrected chi connectivity index (χ3v) is 10.3. The third kappa shape index (κ3) is 6.06. The number of aromatic nitrogens is 2. The average Bonchev–Trinajstić information content (AvgIpc) is 3.64. The van der Waals surface area contributed by atoms with Crippen molar-refractivity contribution in [3.05, 3.63) is 83.2 Å². The largest absolute Gasteiger partial charge is 0.465 e. The summed E-state index contributed by atoms with van der Waals surface area (Å²) in [5, 5.41) is 10.5. The minimum atomic E-state index is -2.81. The number of aromatic amines is 1. The zero-order valence-electron chi connectivity index (χ0n) is 25.7. The van der Waals surface area contributed by atoms with Crippen molar-refractivity contribution in [2.45, 2.75) is 24.9 Å². The zero-order chi connectivity index (χ0) is 33.7. The van der Waals surface area contributed by atoms with Gasteiger partial charge in [-0.3, -0.25) is 9.35 Å². The first-order chi connectivity index (χ1) is 23.1. The summed E-state index contributed by atoms with van der Waals surface area (Å²) in [6.07, 6.45) is 1.89. The lowest BCUT2D eigenvalue weighted by Gasteiger charge is -2.42. The van der Waals surface area contributed by atoms with E-state index in [0.29, 0.717) is 45.9 Å². The molecule has 2 atom stereocenters. The number of nitrogens with zero attached hydrogens (tertiary/aromatic N) is 5. The van der Waals surface area contributed by atoms with Crippen LogP contribution in [0.3, 0.4) is 0 Å². The van der Waals surface area contributed by atoms with E-state index in [1.807, 2.05) is 12.1 Å². The molecule has 1 unspecified atom stereocenters. The smallest absolute Gasteiger partial charge is 0.407 e. The second-order valence-corrected chi connectivity index (χ2v) is 13.4. The van der Waals surface area contributed by atoms with Gasteiger partial charge in [-0.25, -0.2) is 32.2 Å². The van der Waals surface area contributed by atoms with Crippen molar-refractivity contribution in [2.75, 3.05) is 50.2 Å². The van der Waals surface area contributed by atoms with Gasteiger partial charge in [0, 0.05) is 67.5 Å². The summed E-state index contributed by atoms with van der Waals surface area (Å²) >= 11 is -2.81. The number of amides is 1. The molecule has 15 heteroatoms. The number of alkyl halides is 1. The molecule has 0 spiro atoms. The van der Waals surface area contributed by atoms with Crippen LogP contribution < -0.4 is 4.41 Å². The van der Waals surface area contributed by atoms with E-state index in [4.69, 9.17) is 5.11 Å². The molecule has 7 rings (SSSR count). The van der Waals surface area contributed by atoms with Crippen molar-refractivity contribution < 1.29 is 36.6 Å². The number of benzene rings is 2. The highest BCUT2D eigenvalue weighted by atomic mass is 32.2. The molecule has 3 saturated heterocycles. The molecule has 11 nitrogen and oxygen atoms in total. The summed E-state index contributed by atoms with van der Waals surface area (Å²) in [7, 11) is 0. The summed E-state index contributed by atoms with van der Waals surface area (Å²) in [5.41, 5.74) is 1.62. The molecule has 3 fully saturated rings. The van der Waals surface area contributed by atoms with Crippen LogP contribution in [0.15, 0.2) is 54.9 Å². The zero-order valence-corrected chi connectivity index (χ0v) is 26.5. The molecular weight excluding hydrogens is 649 g/mol. The summed E-state index contributed by atoms with van der Waals surface area (Å²) < 4.78 is 67.5. The number of hydrogen-bond donors (Lipinski definition) is 3. The molecule has 5 heterocycles. The van der Waals surface area contributed by atoms with Crippen LogP contribution in [0, 0.1) is 17.6 Å². The maximum Gasteiger partial charge on any atom is 0.407 e. The van der Waals surface area contributed by atoms with Crippen LogP contribution in [0.1, 0.15) is 40.2 Å². The molecule has 48 heavy (non-hydrogen) atoms. The fourth-order valence-corrected chi connectivity index (χ4v) is 7.42. The van der Waals surface area contributed by atoms with Crippen LogP contribution in [-0.4, -0.2) is 103 Å². The molecule has 2 aromatic carbocycles. The molecule has 2 aromatic heterocycles. The molecule has 0 radical (unpaired) electrons. The maximum absolute atomic E-state index is 15.9. The molecule has 0 aliphatic carbocycles. The predicted molar refractivity (Wildman–Crippen MR) is 173 cm³/mol. The Hall–Kier alpha value is -4.31. The molecule has 3 N–H and O–H groups in total. The van der Waals surface area contributed by atoms with Gasteiger partial charge in [-0.15, -0.1) is 0 Å². The van der Waals surface area contributed by atoms with E-state index < -0.39 is 52.2 Å². The van der Waals surface area contributed by atoms with Crippen molar-refractivity contribution in [3.63, 3.8) is 0 Å². The van der Waals surface area contributed by atoms with Crippen molar-refractivity contribution in [2.24, 2.45) is 5.92 Å². The topological polar surface area (TPSA) is 133 Å². The second-order valence-electron chi connectivity index (χ2n) is 12.6. The molecule has 1 amide bonds. The van der Waals surface area contributed by atoms with Gasteiger partial charge in [-0.05, 0) is 54.6 Å². The lowest BCUT2D eigenvalue weighted by molar-refractivity contribution is 0.0637. The minimum Gasteiger partial charge on any atom is -0.465 e. The molecule has 0 saturated carbocycles. The number of rotatable bonds is 10. The Morgan fingerprint density at radius 2 is 1.79 bits per heavy atom. The average molecular weight is 683 g/mol. The van der Waals surface area contributed by atoms with E-state index in [2.05, 4.69) is 27.0 Å². The number of anilines is 1. The molecule has 0 bridgehead atoms. The van der Waals surface area contributed by atoms with Crippen molar-refractivity contribution in [1.29, 1.82) is 0 Å². The number of halogens is 3. The van der Waals surface area contributed by atoms with Gasteiger partial charge in [0.25, 0.3) is 11.3 Å². The van der Waals surface area contributed by atoms with Crippen LogP contribution in [0.4, 0.5) is 23.7 Å². The monoisotopic (exact) mass is 682 g/mol. The first kappa shape index (κ1) is 32.2. The SMILES string of the molecule is O=C(c1c(F)ccc(N(N2CC[C@@H](F)C2)S(=O)O)c1F)c1c[nH]c2ncc(-c3ccc(C4CN(CCC5CN(C(=O)O)C5)C4)cc3)cc12. The van der Waals surface area contributed by atoms with Gasteiger partial charge >= 0.3 is 6.09 Å². The Kier molecular flexibility index (Phi) is 8.70. The summed E-state index contributed by atoms with van der Waals surface area (Å²) in [5.74, 6) is -2.63. The number of nitrogens with one attached hydrogen (secondary N) is 1. The Morgan fingerprint density at radius 3 is 2.46 bits per heavy atom. The molecule has 3 aliphatic rings. The lowest BCUT2D eigenvalue weighted by Crippen LogP contribution is -2.51. The molecule has 252 valence electrons. The fraction of sp³-hybridized carbons (Fsp3) is 0.364. The molecule has 3 aliphatic heterocycles. The first-order valence-electron chi connectivity index (χ1n) is 15.7. The van der Waals surface area contributed by atoms with Crippen molar-refractivity contribution in [3.8, 4) is 11.1 Å². The van der Waals surface area contributed by atoms with Gasteiger partial charge in [0.15, 0.2) is 5.82 Å². The minimum absolute atomic E-state index is 0.0280. The number of H-pyrrole nitrogens is 1. The Bertz CT molecular complexity index is 1900. The maximum atomic E-state index is 15.9. The van der Waals surface area contributed by atoms with E-state index in [9.17, 15) is 22.7 Å². The predicted octanol–water partition coefficient (Wildman–Crippen LogP) is 5.04. The van der Waals surface area contributed by atoms with Gasteiger partial charge in [0.2, 0.25) is 5.78 Å². The van der Waals surface area contributed by atoms with Gasteiger partial charge in [0.05, 0.1) is 12.1 Å². The molecule has 4 aromatic rings. The number of hydrogen-bond acceptors (Lipinski definition) is 6. The lowest BCUT2D eigenvalue weighted by atomic mass is 9.89. The number of pyridine rings is 1. The van der Waals surface area contributed by atoms with Gasteiger partial charge in [-0.2, -0.15) is 4.41 Å². The van der Waals surface area contributed by atoms with Crippen LogP contribution in [0.25, 0.3) is 22.2 Å². The van der Waals surface area contributed by atoms with Crippen LogP contribution >= 0.6 is 0 Å². The summed E-state index contributed by atoms with van der Waals surface area (Å²) in [6.45, 7) is 3.84. The normalized spacial score (nSPS) is 19.8. The highest BCUT2D eigenvalue weighted by molar-refractivity contribution is 7.80. The quantitative estimate of drug-likeness (QED) is 0.157. The number of hydrazine groups is 1. The number of fused-ring (bicyclic) bond motifs is 1.